The van der Waals surface area contributed by atoms with Gasteiger partial charge in [-0.05, 0) is 6.92 Å². The van der Waals surface area contributed by atoms with Crippen LogP contribution in [0.25, 0.3) is 0 Å². The second kappa shape index (κ2) is 3.41. The van der Waals surface area contributed by atoms with Crippen LogP contribution in [0.4, 0.5) is 0 Å². The Morgan fingerprint density at radius 1 is 1.50 bits per heavy atom. The molecular formula is C10H14N6. The molecule has 1 aliphatic heterocycles. The Morgan fingerprint density at radius 2 is 2.38 bits per heavy atom. The van der Waals surface area contributed by atoms with Gasteiger partial charge in [-0.25, -0.2) is 9.97 Å². The fourth-order valence-corrected chi connectivity index (χ4v) is 2.18. The molecule has 1 atom stereocenters. The molecule has 2 aromatic heterocycles. The number of aromatic nitrogens is 5. The summed E-state index contributed by atoms with van der Waals surface area (Å²) in [6.45, 7) is 2.72. The van der Waals surface area contributed by atoms with E-state index in [0.29, 0.717) is 0 Å². The molecule has 0 amide bonds. The van der Waals surface area contributed by atoms with Crippen molar-refractivity contribution in [2.24, 2.45) is 7.05 Å². The van der Waals surface area contributed by atoms with E-state index in [4.69, 9.17) is 0 Å². The summed E-state index contributed by atoms with van der Waals surface area (Å²) in [5.41, 5.74) is 2.31. The first-order valence-corrected chi connectivity index (χ1v) is 5.36. The van der Waals surface area contributed by atoms with Crippen molar-refractivity contribution in [1.82, 2.24) is 30.0 Å². The van der Waals surface area contributed by atoms with E-state index in [1.165, 1.54) is 5.69 Å². The molecule has 3 heterocycles. The lowest BCUT2D eigenvalue weighted by atomic mass is 10.1. The molecule has 0 fully saturated rings. The van der Waals surface area contributed by atoms with Crippen LogP contribution in [-0.4, -0.2) is 24.7 Å². The predicted octanol–water partition coefficient (Wildman–Crippen LogP) is 0.234. The molecule has 0 radical (unpaired) electrons. The van der Waals surface area contributed by atoms with E-state index in [0.717, 1.165) is 30.3 Å². The third-order valence-electron chi connectivity index (χ3n) is 2.94. The van der Waals surface area contributed by atoms with Crippen LogP contribution in [0.2, 0.25) is 0 Å². The SMILES string of the molecule is Cc1nc(C2Cc3nc[nH]c3CN2)n(C)n1. The number of imidazole rings is 1. The van der Waals surface area contributed by atoms with Crippen LogP contribution in [0, 0.1) is 6.92 Å². The molecule has 6 nitrogen and oxygen atoms in total. The maximum atomic E-state index is 4.44. The highest BCUT2D eigenvalue weighted by Gasteiger charge is 2.24. The normalized spacial score (nSPS) is 19.8. The van der Waals surface area contributed by atoms with Gasteiger partial charge in [-0.15, -0.1) is 0 Å². The number of H-pyrrole nitrogens is 1. The van der Waals surface area contributed by atoms with Crippen molar-refractivity contribution in [2.45, 2.75) is 25.9 Å². The lowest BCUT2D eigenvalue weighted by molar-refractivity contribution is 0.450. The van der Waals surface area contributed by atoms with Gasteiger partial charge in [0, 0.05) is 20.0 Å². The molecule has 3 rings (SSSR count). The summed E-state index contributed by atoms with van der Waals surface area (Å²) < 4.78 is 1.84. The molecule has 0 bridgehead atoms. The first-order chi connectivity index (χ1) is 7.74. The number of rotatable bonds is 1. The molecule has 0 aliphatic carbocycles. The average molecular weight is 218 g/mol. The molecule has 84 valence electrons. The highest BCUT2D eigenvalue weighted by molar-refractivity contribution is 5.18. The van der Waals surface area contributed by atoms with E-state index in [2.05, 4.69) is 25.4 Å². The quantitative estimate of drug-likeness (QED) is 0.719. The molecule has 0 aromatic carbocycles. The number of aromatic amines is 1. The maximum Gasteiger partial charge on any atom is 0.147 e. The van der Waals surface area contributed by atoms with Gasteiger partial charge in [-0.1, -0.05) is 0 Å². The molecule has 0 saturated carbocycles. The van der Waals surface area contributed by atoms with Gasteiger partial charge in [0.25, 0.3) is 0 Å². The number of hydrogen-bond donors (Lipinski definition) is 2. The smallest absolute Gasteiger partial charge is 0.147 e. The Labute approximate surface area is 93.1 Å². The van der Waals surface area contributed by atoms with Gasteiger partial charge in [0.1, 0.15) is 11.6 Å². The van der Waals surface area contributed by atoms with E-state index < -0.39 is 0 Å². The fraction of sp³-hybridized carbons (Fsp3) is 0.500. The van der Waals surface area contributed by atoms with E-state index in [1.54, 1.807) is 6.33 Å². The second-order valence-electron chi connectivity index (χ2n) is 4.11. The molecule has 6 heteroatoms. The first-order valence-electron chi connectivity index (χ1n) is 5.36. The van der Waals surface area contributed by atoms with Gasteiger partial charge < -0.3 is 10.3 Å². The Kier molecular flexibility index (Phi) is 2.03. The van der Waals surface area contributed by atoms with Crippen LogP contribution in [0.3, 0.4) is 0 Å². The van der Waals surface area contributed by atoms with Crippen LogP contribution < -0.4 is 5.32 Å². The van der Waals surface area contributed by atoms with Crippen LogP contribution in [0.15, 0.2) is 6.33 Å². The topological polar surface area (TPSA) is 71.4 Å². The summed E-state index contributed by atoms with van der Waals surface area (Å²) >= 11 is 0. The van der Waals surface area contributed by atoms with Crippen molar-refractivity contribution in [1.29, 1.82) is 0 Å². The Bertz CT molecular complexity index is 511. The largest absolute Gasteiger partial charge is 0.347 e. The van der Waals surface area contributed by atoms with Crippen LogP contribution >= 0.6 is 0 Å². The van der Waals surface area contributed by atoms with E-state index in [9.17, 15) is 0 Å². The van der Waals surface area contributed by atoms with Gasteiger partial charge in [0.2, 0.25) is 0 Å². The number of nitrogens with zero attached hydrogens (tertiary/aromatic N) is 4. The van der Waals surface area contributed by atoms with E-state index >= 15 is 0 Å². The zero-order valence-corrected chi connectivity index (χ0v) is 9.36. The van der Waals surface area contributed by atoms with Crippen molar-refractivity contribution >= 4 is 0 Å². The lowest BCUT2D eigenvalue weighted by Gasteiger charge is -2.21. The molecule has 1 aliphatic rings. The second-order valence-corrected chi connectivity index (χ2v) is 4.11. The van der Waals surface area contributed by atoms with Crippen LogP contribution in [0.5, 0.6) is 0 Å². The van der Waals surface area contributed by atoms with Gasteiger partial charge in [-0.3, -0.25) is 4.68 Å². The van der Waals surface area contributed by atoms with Crippen molar-refractivity contribution in [3.63, 3.8) is 0 Å². The highest BCUT2D eigenvalue weighted by atomic mass is 15.3. The van der Waals surface area contributed by atoms with Crippen molar-refractivity contribution < 1.29 is 0 Å². The van der Waals surface area contributed by atoms with Crippen LogP contribution in [-0.2, 0) is 20.0 Å². The fourth-order valence-electron chi connectivity index (χ4n) is 2.18. The first kappa shape index (κ1) is 9.53. The Morgan fingerprint density at radius 3 is 3.12 bits per heavy atom. The lowest BCUT2D eigenvalue weighted by Crippen LogP contribution is -2.30. The molecular weight excluding hydrogens is 204 g/mol. The minimum atomic E-state index is 0.210. The molecule has 2 N–H and O–H groups in total. The molecule has 1 unspecified atom stereocenters. The van der Waals surface area contributed by atoms with Gasteiger partial charge >= 0.3 is 0 Å². The maximum absolute atomic E-state index is 4.44. The summed E-state index contributed by atoms with van der Waals surface area (Å²) in [6.07, 6.45) is 2.61. The Hall–Kier alpha value is -1.69. The van der Waals surface area contributed by atoms with Gasteiger partial charge in [0.05, 0.1) is 23.8 Å². The zero-order valence-electron chi connectivity index (χ0n) is 9.36. The van der Waals surface area contributed by atoms with Crippen molar-refractivity contribution in [3.05, 3.63) is 29.4 Å². The van der Waals surface area contributed by atoms with E-state index in [-0.39, 0.29) is 6.04 Å². The number of nitrogens with one attached hydrogen (secondary N) is 2. The predicted molar refractivity (Wildman–Crippen MR) is 57.6 cm³/mol. The third-order valence-corrected chi connectivity index (χ3v) is 2.94. The summed E-state index contributed by atoms with van der Waals surface area (Å²) in [6, 6.07) is 0.210. The monoisotopic (exact) mass is 218 g/mol. The summed E-state index contributed by atoms with van der Waals surface area (Å²) in [4.78, 5) is 11.9. The van der Waals surface area contributed by atoms with Crippen LogP contribution in [0.1, 0.15) is 29.1 Å². The standard InChI is InChI=1S/C10H14N6/c1-6-14-10(16(2)15-6)8-3-7-9(4-11-8)13-5-12-7/h5,8,11H,3-4H2,1-2H3,(H,12,13). The number of fused-ring (bicyclic) bond motifs is 1. The average Bonchev–Trinajstić information content (AvgIpc) is 2.83. The Balaban J connectivity index is 1.91. The van der Waals surface area contributed by atoms with Crippen molar-refractivity contribution in [3.8, 4) is 0 Å². The minimum Gasteiger partial charge on any atom is -0.347 e. The molecule has 16 heavy (non-hydrogen) atoms. The third kappa shape index (κ3) is 1.42. The van der Waals surface area contributed by atoms with Gasteiger partial charge in [-0.2, -0.15) is 5.10 Å². The molecule has 2 aromatic rings. The number of hydrogen-bond acceptors (Lipinski definition) is 4. The summed E-state index contributed by atoms with van der Waals surface area (Å²) in [5, 5.41) is 7.70. The summed E-state index contributed by atoms with van der Waals surface area (Å²) in [5.74, 6) is 1.79. The minimum absolute atomic E-state index is 0.210. The van der Waals surface area contributed by atoms with Gasteiger partial charge in [0.15, 0.2) is 0 Å². The summed E-state index contributed by atoms with van der Waals surface area (Å²) in [7, 11) is 1.93. The number of aryl methyl sites for hydroxylation is 2. The highest BCUT2D eigenvalue weighted by Crippen LogP contribution is 2.22. The molecule has 0 spiro atoms. The van der Waals surface area contributed by atoms with E-state index in [1.807, 2.05) is 18.7 Å². The van der Waals surface area contributed by atoms with Crippen molar-refractivity contribution in [2.75, 3.05) is 0 Å². The molecule has 0 saturated heterocycles. The zero-order chi connectivity index (χ0) is 11.1.